The van der Waals surface area contributed by atoms with Crippen molar-refractivity contribution >= 4 is 23.5 Å². The Bertz CT molecular complexity index is 876. The van der Waals surface area contributed by atoms with E-state index in [2.05, 4.69) is 0 Å². The Morgan fingerprint density at radius 3 is 2.52 bits per heavy atom. The fourth-order valence-electron chi connectivity index (χ4n) is 3.19. The van der Waals surface area contributed by atoms with Gasteiger partial charge in [-0.25, -0.2) is 4.79 Å². The van der Waals surface area contributed by atoms with E-state index in [1.807, 2.05) is 18.2 Å². The van der Waals surface area contributed by atoms with Crippen molar-refractivity contribution in [2.75, 3.05) is 12.3 Å². The van der Waals surface area contributed by atoms with Gasteiger partial charge in [-0.3, -0.25) is 9.59 Å². The minimum atomic E-state index is -0.734. The van der Waals surface area contributed by atoms with E-state index in [4.69, 9.17) is 20.9 Å². The molecule has 27 heavy (non-hydrogen) atoms. The molecule has 1 unspecified atom stereocenters. The predicted molar refractivity (Wildman–Crippen MR) is 98.1 cm³/mol. The zero-order valence-corrected chi connectivity index (χ0v) is 14.6. The Morgan fingerprint density at radius 2 is 1.81 bits per heavy atom. The Labute approximate surface area is 156 Å². The van der Waals surface area contributed by atoms with Crippen molar-refractivity contribution in [3.63, 3.8) is 0 Å². The topological polar surface area (TPSA) is 122 Å². The summed E-state index contributed by atoms with van der Waals surface area (Å²) in [5, 5.41) is 0. The van der Waals surface area contributed by atoms with Crippen LogP contribution in [0, 0.1) is 0 Å². The highest BCUT2D eigenvalue weighted by Gasteiger charge is 2.29. The number of nitrogen functional groups attached to an aromatic ring is 1. The molecule has 3 rings (SSSR count). The van der Waals surface area contributed by atoms with Crippen LogP contribution in [0.15, 0.2) is 42.5 Å². The number of hydrogen-bond donors (Lipinski definition) is 2. The number of fused-ring (bicyclic) bond motifs is 1. The smallest absolute Gasteiger partial charge is 0.338 e. The number of rotatable bonds is 5. The van der Waals surface area contributed by atoms with E-state index in [0.717, 1.165) is 24.0 Å². The third kappa shape index (κ3) is 4.25. The van der Waals surface area contributed by atoms with Gasteiger partial charge in [0.25, 0.3) is 5.91 Å². The molecule has 0 saturated heterocycles. The first-order chi connectivity index (χ1) is 13.0. The molecule has 2 aromatic rings. The van der Waals surface area contributed by atoms with Crippen LogP contribution in [-0.2, 0) is 20.7 Å². The van der Waals surface area contributed by atoms with Gasteiger partial charge < -0.3 is 20.9 Å². The van der Waals surface area contributed by atoms with Crippen molar-refractivity contribution < 1.29 is 23.9 Å². The molecule has 0 aliphatic heterocycles. The van der Waals surface area contributed by atoms with Crippen molar-refractivity contribution in [2.45, 2.75) is 25.2 Å². The van der Waals surface area contributed by atoms with Crippen LogP contribution >= 0.6 is 0 Å². The van der Waals surface area contributed by atoms with E-state index in [0.29, 0.717) is 17.9 Å². The fraction of sp³-hybridized carbons (Fsp3) is 0.250. The molecular formula is C20H20N2O5. The quantitative estimate of drug-likeness (QED) is 0.472. The Balaban J connectivity index is 1.68. The molecule has 0 radical (unpaired) electrons. The molecule has 0 fully saturated rings. The number of ether oxygens (including phenoxy) is 2. The second kappa shape index (κ2) is 7.90. The van der Waals surface area contributed by atoms with Gasteiger partial charge in [0.1, 0.15) is 5.75 Å². The summed E-state index contributed by atoms with van der Waals surface area (Å²) in [4.78, 5) is 35.0. The number of carbonyl (C=O) groups is 3. The molecule has 0 heterocycles. The third-order valence-corrected chi connectivity index (χ3v) is 4.48. The summed E-state index contributed by atoms with van der Waals surface area (Å²) < 4.78 is 10.2. The minimum Gasteiger partial charge on any atom is -0.452 e. The van der Waals surface area contributed by atoms with E-state index < -0.39 is 18.5 Å². The Hall–Kier alpha value is -3.35. The molecule has 140 valence electrons. The van der Waals surface area contributed by atoms with Crippen molar-refractivity contribution in [3.8, 4) is 5.75 Å². The maximum atomic E-state index is 12.6. The van der Waals surface area contributed by atoms with Gasteiger partial charge in [0, 0.05) is 5.69 Å². The van der Waals surface area contributed by atoms with Gasteiger partial charge in [0.15, 0.2) is 6.61 Å². The summed E-state index contributed by atoms with van der Waals surface area (Å²) >= 11 is 0. The molecular weight excluding hydrogens is 348 g/mol. The maximum absolute atomic E-state index is 12.6. The monoisotopic (exact) mass is 368 g/mol. The molecule has 0 saturated carbocycles. The van der Waals surface area contributed by atoms with Gasteiger partial charge in [-0.2, -0.15) is 0 Å². The highest BCUT2D eigenvalue weighted by atomic mass is 16.5. The van der Waals surface area contributed by atoms with Gasteiger partial charge in [-0.15, -0.1) is 0 Å². The first-order valence-corrected chi connectivity index (χ1v) is 8.60. The normalized spacial score (nSPS) is 15.5. The van der Waals surface area contributed by atoms with Crippen LogP contribution in [0.1, 0.15) is 40.2 Å². The highest BCUT2D eigenvalue weighted by molar-refractivity contribution is 5.91. The molecule has 0 aromatic heterocycles. The van der Waals surface area contributed by atoms with Gasteiger partial charge in [-0.05, 0) is 60.7 Å². The van der Waals surface area contributed by atoms with Crippen LogP contribution in [0.2, 0.25) is 0 Å². The number of amides is 1. The van der Waals surface area contributed by atoms with Gasteiger partial charge >= 0.3 is 11.9 Å². The first-order valence-electron chi connectivity index (χ1n) is 8.60. The summed E-state index contributed by atoms with van der Waals surface area (Å²) in [6, 6.07) is 11.5. The molecule has 7 nitrogen and oxygen atoms in total. The van der Waals surface area contributed by atoms with Crippen LogP contribution in [0.25, 0.3) is 0 Å². The highest BCUT2D eigenvalue weighted by Crippen LogP contribution is 2.35. The number of primary amides is 1. The standard InChI is InChI=1S/C20H20N2O5/c21-17-6-2-3-14-15(17)4-1-5-16(14)20(25)27-13-9-7-12(8-10-13)19(24)26-11-18(22)23/h2-3,6-10,16H,1,4-5,11,21H2,(H2,22,23). The lowest BCUT2D eigenvalue weighted by molar-refractivity contribution is -0.136. The van der Waals surface area contributed by atoms with Crippen LogP contribution in [0.5, 0.6) is 5.75 Å². The lowest BCUT2D eigenvalue weighted by atomic mass is 9.82. The van der Waals surface area contributed by atoms with E-state index in [1.165, 1.54) is 24.3 Å². The summed E-state index contributed by atoms with van der Waals surface area (Å²) in [7, 11) is 0. The van der Waals surface area contributed by atoms with Crippen molar-refractivity contribution in [1.29, 1.82) is 0 Å². The number of nitrogens with two attached hydrogens (primary N) is 2. The van der Waals surface area contributed by atoms with E-state index in [-0.39, 0.29) is 17.5 Å². The zero-order chi connectivity index (χ0) is 19.4. The van der Waals surface area contributed by atoms with Crippen molar-refractivity contribution in [1.82, 2.24) is 0 Å². The summed E-state index contributed by atoms with van der Waals surface area (Å²) in [5.74, 6) is -1.81. The molecule has 1 aliphatic carbocycles. The van der Waals surface area contributed by atoms with Crippen LogP contribution in [0.4, 0.5) is 5.69 Å². The molecule has 0 bridgehead atoms. The number of anilines is 1. The van der Waals surface area contributed by atoms with Gasteiger partial charge in [0.2, 0.25) is 0 Å². The van der Waals surface area contributed by atoms with Crippen molar-refractivity contribution in [3.05, 3.63) is 59.2 Å². The number of carbonyl (C=O) groups excluding carboxylic acids is 3. The van der Waals surface area contributed by atoms with Gasteiger partial charge in [0.05, 0.1) is 11.5 Å². The van der Waals surface area contributed by atoms with Crippen LogP contribution < -0.4 is 16.2 Å². The maximum Gasteiger partial charge on any atom is 0.338 e. The molecule has 2 aromatic carbocycles. The van der Waals surface area contributed by atoms with E-state index in [1.54, 1.807) is 0 Å². The molecule has 1 amide bonds. The second-order valence-electron chi connectivity index (χ2n) is 6.35. The van der Waals surface area contributed by atoms with E-state index >= 15 is 0 Å². The Morgan fingerprint density at radius 1 is 1.07 bits per heavy atom. The number of benzene rings is 2. The average Bonchev–Trinajstić information content (AvgIpc) is 2.66. The first kappa shape index (κ1) is 18.4. The second-order valence-corrected chi connectivity index (χ2v) is 6.35. The largest absolute Gasteiger partial charge is 0.452 e. The average molecular weight is 368 g/mol. The summed E-state index contributed by atoms with van der Waals surface area (Å²) in [6.07, 6.45) is 2.42. The predicted octanol–water partition coefficient (Wildman–Crippen LogP) is 1.94. The molecule has 4 N–H and O–H groups in total. The van der Waals surface area contributed by atoms with Crippen molar-refractivity contribution in [2.24, 2.45) is 5.73 Å². The number of hydrogen-bond acceptors (Lipinski definition) is 6. The molecule has 7 heteroatoms. The van der Waals surface area contributed by atoms with Crippen LogP contribution in [-0.4, -0.2) is 24.5 Å². The fourth-order valence-corrected chi connectivity index (χ4v) is 3.19. The Kier molecular flexibility index (Phi) is 5.40. The lowest BCUT2D eigenvalue weighted by Gasteiger charge is -2.25. The SMILES string of the molecule is NC(=O)COC(=O)c1ccc(OC(=O)C2CCCc3c(N)cccc32)cc1. The van der Waals surface area contributed by atoms with Gasteiger partial charge in [-0.1, -0.05) is 12.1 Å². The summed E-state index contributed by atoms with van der Waals surface area (Å²) in [5.41, 5.74) is 13.8. The molecule has 0 spiro atoms. The molecule has 1 aliphatic rings. The van der Waals surface area contributed by atoms with E-state index in [9.17, 15) is 14.4 Å². The minimum absolute atomic E-state index is 0.229. The third-order valence-electron chi connectivity index (χ3n) is 4.48. The molecule has 1 atom stereocenters. The van der Waals surface area contributed by atoms with Crippen LogP contribution in [0.3, 0.4) is 0 Å². The number of esters is 2. The zero-order valence-electron chi connectivity index (χ0n) is 14.6. The summed E-state index contributed by atoms with van der Waals surface area (Å²) in [6.45, 7) is -0.486. The lowest BCUT2D eigenvalue weighted by Crippen LogP contribution is -2.23.